The molecule has 0 atom stereocenters. The first kappa shape index (κ1) is 74.4. The van der Waals surface area contributed by atoms with Gasteiger partial charge in [0.25, 0.3) is 5.91 Å². The number of benzene rings is 6. The predicted octanol–water partition coefficient (Wildman–Crippen LogP) is 14.8. The first-order chi connectivity index (χ1) is 47.3. The fraction of sp³-hybridized carbons (Fsp3) is 0.375. The SMILES string of the molecule is COc1ccc(-c2nc(-c3cc(C(F)(F)F)cc(C(F)(F)F)c3)n(Cc3ccc(C(=O)NCCOCCOCCOCCOCCC(=O)N4CCC(c5cc(OC(C)C)c(Nc6ncc(Cl)c(Nc7ccccc7S(=O)(=O)C(C)C)n6)cc5C)CC4)cc3)c2-c2ccc(OC)cc2)cc1. The van der Waals surface area contributed by atoms with Crippen molar-refractivity contribution < 1.29 is 77.5 Å². The van der Waals surface area contributed by atoms with Crippen molar-refractivity contribution in [3.63, 3.8) is 0 Å². The van der Waals surface area contributed by atoms with E-state index in [1.54, 1.807) is 115 Å². The molecule has 27 heteroatoms. The van der Waals surface area contributed by atoms with Crippen LogP contribution in [0.4, 0.5) is 49.5 Å². The van der Waals surface area contributed by atoms with Crippen LogP contribution in [0, 0.1) is 6.92 Å². The number of sulfone groups is 1. The van der Waals surface area contributed by atoms with Crippen molar-refractivity contribution in [2.45, 2.75) is 94.9 Å². The van der Waals surface area contributed by atoms with Crippen LogP contribution < -0.4 is 30.2 Å². The van der Waals surface area contributed by atoms with Crippen molar-refractivity contribution in [1.29, 1.82) is 0 Å². The van der Waals surface area contributed by atoms with Crippen molar-refractivity contribution in [2.75, 3.05) is 97.3 Å². The van der Waals surface area contributed by atoms with E-state index in [1.807, 2.05) is 37.8 Å². The molecule has 8 aromatic rings. The summed E-state index contributed by atoms with van der Waals surface area (Å²) in [5, 5.41) is 8.73. The minimum absolute atomic E-state index is 0.0188. The Morgan fingerprint density at radius 3 is 1.82 bits per heavy atom. The van der Waals surface area contributed by atoms with Crippen LogP contribution in [0.1, 0.15) is 91.1 Å². The largest absolute Gasteiger partial charge is 0.497 e. The molecule has 0 spiro atoms. The maximum atomic E-state index is 14.3. The van der Waals surface area contributed by atoms with E-state index in [2.05, 4.69) is 25.9 Å². The summed E-state index contributed by atoms with van der Waals surface area (Å²) in [4.78, 5) is 42.3. The number of anilines is 4. The normalized spacial score (nSPS) is 13.1. The third kappa shape index (κ3) is 19.8. The summed E-state index contributed by atoms with van der Waals surface area (Å²) in [6.07, 6.45) is -7.16. The maximum Gasteiger partial charge on any atom is 0.416 e. The highest BCUT2D eigenvalue weighted by molar-refractivity contribution is 7.92. The number of methoxy groups -OCH3 is 2. The molecule has 3 heterocycles. The summed E-state index contributed by atoms with van der Waals surface area (Å²) in [6.45, 7) is 12.6. The Labute approximate surface area is 576 Å². The molecule has 3 N–H and O–H groups in total. The average molecular weight is 1410 g/mol. The molecule has 2 aromatic heterocycles. The lowest BCUT2D eigenvalue weighted by Crippen LogP contribution is -2.38. The molecule has 528 valence electrons. The van der Waals surface area contributed by atoms with Crippen molar-refractivity contribution in [3.05, 3.63) is 172 Å². The van der Waals surface area contributed by atoms with Gasteiger partial charge >= 0.3 is 12.4 Å². The van der Waals surface area contributed by atoms with E-state index < -0.39 is 50.0 Å². The summed E-state index contributed by atoms with van der Waals surface area (Å²) in [7, 11) is -0.650. The topological polar surface area (TPSA) is 216 Å². The van der Waals surface area contributed by atoms with Gasteiger partial charge in [-0.2, -0.15) is 31.3 Å². The van der Waals surface area contributed by atoms with E-state index in [4.69, 9.17) is 49.7 Å². The highest BCUT2D eigenvalue weighted by Gasteiger charge is 2.38. The Bertz CT molecular complexity index is 4120. The number of aromatic nitrogens is 4. The predicted molar refractivity (Wildman–Crippen MR) is 365 cm³/mol. The number of likely N-dealkylation sites (tertiary alicyclic amines) is 1. The lowest BCUT2D eigenvalue weighted by molar-refractivity contribution is -0.143. The van der Waals surface area contributed by atoms with Crippen LogP contribution in [0.25, 0.3) is 33.9 Å². The molecule has 0 unspecified atom stereocenters. The Morgan fingerprint density at radius 2 is 1.24 bits per heavy atom. The molecule has 1 aliphatic rings. The standard InChI is InChI=1S/C72H79ClF6N8O11S/c1-45(2)98-62-42-58(47(5)38-61(62)83-70-81-43-59(73)67(85-70)82-60-10-8-9-11-63(60)99(90,91)46(3)4)49-24-28-86(29-25-49)64(88)26-30-94-32-34-96-36-37-97-35-33-95-31-27-80-69(89)52-14-12-48(13-15-52)44-87-66(51-18-22-57(93-7)23-19-51)65(50-16-20-56(92-6)21-17-50)84-68(87)53-39-54(71(74,75)76)41-55(40-53)72(77,78)79/h8-23,38-43,45-46,49H,24-37,44H2,1-7H3,(H,80,89)(H2,81,82,83,85). The molecule has 1 fully saturated rings. The number of halogens is 7. The average Bonchev–Trinajstić information content (AvgIpc) is 1.63. The molecular weight excluding hydrogens is 1330 g/mol. The number of hydrogen-bond donors (Lipinski definition) is 3. The Morgan fingerprint density at radius 1 is 0.667 bits per heavy atom. The number of nitrogens with one attached hydrogen (secondary N) is 3. The van der Waals surface area contributed by atoms with E-state index in [0.29, 0.717) is 108 Å². The van der Waals surface area contributed by atoms with Gasteiger partial charge in [0.1, 0.15) is 28.1 Å². The molecule has 6 aromatic carbocycles. The van der Waals surface area contributed by atoms with Gasteiger partial charge in [0.2, 0.25) is 11.9 Å². The van der Waals surface area contributed by atoms with Crippen molar-refractivity contribution in [1.82, 2.24) is 29.7 Å². The summed E-state index contributed by atoms with van der Waals surface area (Å²) in [5.41, 5.74) is 2.29. The van der Waals surface area contributed by atoms with E-state index in [0.717, 1.165) is 24.0 Å². The first-order valence-electron chi connectivity index (χ1n) is 32.2. The van der Waals surface area contributed by atoms with Gasteiger partial charge in [-0.3, -0.25) is 9.59 Å². The number of carbonyl (C=O) groups excluding carboxylic acids is 2. The van der Waals surface area contributed by atoms with Gasteiger partial charge in [-0.15, -0.1) is 0 Å². The summed E-state index contributed by atoms with van der Waals surface area (Å²) >= 11 is 6.52. The van der Waals surface area contributed by atoms with E-state index in [9.17, 15) is 44.3 Å². The van der Waals surface area contributed by atoms with Gasteiger partial charge in [-0.05, 0) is 173 Å². The molecule has 0 radical (unpaired) electrons. The molecule has 1 aliphatic heterocycles. The number of nitrogens with zero attached hydrogens (tertiary/aromatic N) is 5. The fourth-order valence-electron chi connectivity index (χ4n) is 11.1. The quantitative estimate of drug-likeness (QED) is 0.0264. The van der Waals surface area contributed by atoms with Crippen LogP contribution in [0.15, 0.2) is 138 Å². The van der Waals surface area contributed by atoms with Crippen LogP contribution in [0.5, 0.6) is 17.2 Å². The minimum atomic E-state index is -5.11. The molecule has 0 saturated carbocycles. The zero-order chi connectivity index (χ0) is 71.0. The van der Waals surface area contributed by atoms with Crippen LogP contribution in [0.2, 0.25) is 5.02 Å². The van der Waals surface area contributed by atoms with Gasteiger partial charge in [-0.1, -0.05) is 35.9 Å². The van der Waals surface area contributed by atoms with Gasteiger partial charge in [0.05, 0.1) is 130 Å². The molecule has 9 rings (SSSR count). The highest BCUT2D eigenvalue weighted by Crippen LogP contribution is 2.44. The zero-order valence-electron chi connectivity index (χ0n) is 55.8. The molecular formula is C72H79ClF6N8O11S. The Balaban J connectivity index is 0.675. The van der Waals surface area contributed by atoms with Gasteiger partial charge in [-0.25, -0.2) is 18.4 Å². The number of alkyl halides is 6. The summed E-state index contributed by atoms with van der Waals surface area (Å²) in [5.74, 6) is 1.70. The van der Waals surface area contributed by atoms with Crippen LogP contribution in [0.3, 0.4) is 0 Å². The lowest BCUT2D eigenvalue weighted by atomic mass is 9.86. The maximum absolute atomic E-state index is 14.3. The molecule has 0 aliphatic carbocycles. The van der Waals surface area contributed by atoms with E-state index in [1.165, 1.54) is 20.4 Å². The molecule has 2 amide bonds. The molecule has 19 nitrogen and oxygen atoms in total. The Hall–Kier alpha value is -8.79. The minimum Gasteiger partial charge on any atom is -0.497 e. The number of para-hydroxylation sites is 1. The number of ether oxygens (including phenoxy) is 7. The second-order valence-electron chi connectivity index (χ2n) is 23.9. The monoisotopic (exact) mass is 1410 g/mol. The highest BCUT2D eigenvalue weighted by atomic mass is 35.5. The Kier molecular flexibility index (Phi) is 25.4. The second kappa shape index (κ2) is 33.8. The summed E-state index contributed by atoms with van der Waals surface area (Å²) in [6, 6.07) is 31.9. The van der Waals surface area contributed by atoms with E-state index in [-0.39, 0.29) is 103 Å². The van der Waals surface area contributed by atoms with Gasteiger partial charge in [0, 0.05) is 48.4 Å². The first-order valence-corrected chi connectivity index (χ1v) is 34.1. The number of aryl methyl sites for hydroxylation is 1. The van der Waals surface area contributed by atoms with Crippen molar-refractivity contribution in [3.8, 4) is 51.2 Å². The number of rotatable bonds is 32. The van der Waals surface area contributed by atoms with Gasteiger partial charge < -0.3 is 58.6 Å². The van der Waals surface area contributed by atoms with E-state index >= 15 is 0 Å². The van der Waals surface area contributed by atoms with Crippen molar-refractivity contribution in [2.24, 2.45) is 0 Å². The number of imidazole rings is 1. The van der Waals surface area contributed by atoms with Crippen LogP contribution >= 0.6 is 11.6 Å². The number of amides is 2. The number of piperidine rings is 1. The molecule has 0 bridgehead atoms. The molecule has 1 saturated heterocycles. The second-order valence-corrected chi connectivity index (χ2v) is 26.8. The zero-order valence-corrected chi connectivity index (χ0v) is 57.4. The fourth-order valence-corrected chi connectivity index (χ4v) is 12.5. The third-order valence-corrected chi connectivity index (χ3v) is 18.8. The molecule has 99 heavy (non-hydrogen) atoms. The summed E-state index contributed by atoms with van der Waals surface area (Å²) < 4.78 is 153. The smallest absolute Gasteiger partial charge is 0.416 e. The van der Waals surface area contributed by atoms with Crippen LogP contribution in [-0.2, 0) is 52.5 Å². The third-order valence-electron chi connectivity index (χ3n) is 16.3. The van der Waals surface area contributed by atoms with Crippen LogP contribution in [-0.4, -0.2) is 143 Å². The van der Waals surface area contributed by atoms with Gasteiger partial charge in [0.15, 0.2) is 15.7 Å². The lowest BCUT2D eigenvalue weighted by Gasteiger charge is -2.33. The number of hydrogen-bond acceptors (Lipinski definition) is 16. The number of carbonyl (C=O) groups is 2. The van der Waals surface area contributed by atoms with Crippen molar-refractivity contribution >= 4 is 56.4 Å².